The molecule has 1 aromatic heterocycles. The van der Waals surface area contributed by atoms with E-state index in [9.17, 15) is 14.4 Å². The van der Waals surface area contributed by atoms with E-state index in [-0.39, 0.29) is 23.3 Å². The third kappa shape index (κ3) is 3.79. The van der Waals surface area contributed by atoms with Crippen LogP contribution in [0.2, 0.25) is 0 Å². The first kappa shape index (κ1) is 22.6. The van der Waals surface area contributed by atoms with Crippen molar-refractivity contribution < 1.29 is 19.1 Å². The molecule has 0 spiro atoms. The molecular formula is C28H26N4O4. The number of aromatic nitrogens is 1. The Morgan fingerprint density at radius 1 is 1.00 bits per heavy atom. The number of carbonyl (C=O) groups is 3. The number of hydrogen-bond acceptors (Lipinski definition) is 6. The Balaban J connectivity index is 1.36. The van der Waals surface area contributed by atoms with Gasteiger partial charge < -0.3 is 9.64 Å². The molecule has 3 aromatic rings. The molecule has 0 unspecified atom stereocenters. The number of allylic oxidation sites excluding steroid dienone is 1. The Morgan fingerprint density at radius 3 is 2.44 bits per heavy atom. The first-order valence-corrected chi connectivity index (χ1v) is 12.2. The van der Waals surface area contributed by atoms with Crippen LogP contribution < -0.4 is 4.90 Å². The van der Waals surface area contributed by atoms with Gasteiger partial charge in [0.15, 0.2) is 0 Å². The lowest BCUT2D eigenvalue weighted by molar-refractivity contribution is -0.116. The largest absolute Gasteiger partial charge is 0.378 e. The second-order valence-electron chi connectivity index (χ2n) is 9.36. The molecule has 3 aliphatic heterocycles. The van der Waals surface area contributed by atoms with E-state index in [4.69, 9.17) is 9.72 Å². The van der Waals surface area contributed by atoms with Crippen LogP contribution in [-0.4, -0.2) is 77.8 Å². The fourth-order valence-corrected chi connectivity index (χ4v) is 5.18. The zero-order chi connectivity index (χ0) is 24.8. The summed E-state index contributed by atoms with van der Waals surface area (Å²) in [4.78, 5) is 49.7. The number of ether oxygens (including phenoxy) is 1. The predicted octanol–water partition coefficient (Wildman–Crippen LogP) is 2.98. The van der Waals surface area contributed by atoms with Crippen molar-refractivity contribution in [3.05, 3.63) is 77.1 Å². The highest BCUT2D eigenvalue weighted by Crippen LogP contribution is 2.35. The second kappa shape index (κ2) is 8.96. The molecule has 6 rings (SSSR count). The van der Waals surface area contributed by atoms with E-state index in [1.165, 1.54) is 11.8 Å². The quantitative estimate of drug-likeness (QED) is 0.534. The van der Waals surface area contributed by atoms with Crippen molar-refractivity contribution >= 4 is 40.3 Å². The van der Waals surface area contributed by atoms with Crippen LogP contribution in [0, 0.1) is 0 Å². The van der Waals surface area contributed by atoms with Gasteiger partial charge in [-0.2, -0.15) is 0 Å². The highest BCUT2D eigenvalue weighted by atomic mass is 16.5. The van der Waals surface area contributed by atoms with Gasteiger partial charge in [0.05, 0.1) is 47.4 Å². The lowest BCUT2D eigenvalue weighted by atomic mass is 10.0. The molecule has 0 atom stereocenters. The first-order chi connectivity index (χ1) is 17.5. The summed E-state index contributed by atoms with van der Waals surface area (Å²) in [5, 5.41) is 0.768. The third-order valence-electron chi connectivity index (χ3n) is 7.17. The lowest BCUT2D eigenvalue weighted by Crippen LogP contribution is -2.57. The van der Waals surface area contributed by atoms with Gasteiger partial charge in [0.1, 0.15) is 0 Å². The molecule has 2 fully saturated rings. The summed E-state index contributed by atoms with van der Waals surface area (Å²) in [5.74, 6) is -0.548. The van der Waals surface area contributed by atoms with Crippen molar-refractivity contribution in [3.63, 3.8) is 0 Å². The molecule has 0 radical (unpaired) electrons. The summed E-state index contributed by atoms with van der Waals surface area (Å²) in [6.45, 7) is 5.89. The zero-order valence-electron chi connectivity index (χ0n) is 20.0. The summed E-state index contributed by atoms with van der Waals surface area (Å²) in [7, 11) is 0. The van der Waals surface area contributed by atoms with Crippen molar-refractivity contribution in [3.8, 4) is 0 Å². The summed E-state index contributed by atoms with van der Waals surface area (Å²) in [6.07, 6.45) is 1.61. The van der Waals surface area contributed by atoms with E-state index < -0.39 is 0 Å². The molecule has 8 nitrogen and oxygen atoms in total. The molecule has 8 heteroatoms. The maximum atomic E-state index is 13.7. The van der Waals surface area contributed by atoms with Crippen molar-refractivity contribution in [2.45, 2.75) is 13.0 Å². The highest BCUT2D eigenvalue weighted by molar-refractivity contribution is 6.26. The van der Waals surface area contributed by atoms with Gasteiger partial charge in [0, 0.05) is 44.1 Å². The molecule has 0 N–H and O–H groups in total. The Hall–Kier alpha value is -3.88. The standard InChI is InChI=1S/C28H26N4O4/c1-18(33)32-25-9-5-3-7-22(25)27(34)26(32)15-19-14-23(21-6-2-4-8-24(21)29-19)28(35)31-12-10-30(11-13-31)20-16-36-17-20/h2-9,14-15,20H,10-13,16-17H2,1H3. The summed E-state index contributed by atoms with van der Waals surface area (Å²) in [6, 6.07) is 16.8. The number of Topliss-reactive ketones (excluding diaryl/α,β-unsaturated/α-hetero) is 1. The van der Waals surface area contributed by atoms with Gasteiger partial charge in [0.2, 0.25) is 11.7 Å². The number of benzene rings is 2. The third-order valence-corrected chi connectivity index (χ3v) is 7.17. The van der Waals surface area contributed by atoms with E-state index in [0.717, 1.165) is 31.7 Å². The van der Waals surface area contributed by atoms with Crippen molar-refractivity contribution in [1.29, 1.82) is 0 Å². The average molecular weight is 483 g/mol. The van der Waals surface area contributed by atoms with Gasteiger partial charge in [-0.3, -0.25) is 24.2 Å². The van der Waals surface area contributed by atoms with E-state index >= 15 is 0 Å². The zero-order valence-corrected chi connectivity index (χ0v) is 20.0. The Bertz CT molecular complexity index is 1420. The van der Waals surface area contributed by atoms with Gasteiger partial charge in [0.25, 0.3) is 5.91 Å². The molecule has 3 aliphatic rings. The number of pyridine rings is 1. The maximum absolute atomic E-state index is 13.7. The Kier molecular flexibility index (Phi) is 5.62. The number of carbonyl (C=O) groups excluding carboxylic acids is 3. The molecular weight excluding hydrogens is 456 g/mol. The Labute approximate surface area is 208 Å². The van der Waals surface area contributed by atoms with Gasteiger partial charge in [-0.1, -0.05) is 30.3 Å². The molecule has 36 heavy (non-hydrogen) atoms. The Morgan fingerprint density at radius 2 is 1.72 bits per heavy atom. The molecule has 2 aromatic carbocycles. The van der Waals surface area contributed by atoms with Crippen molar-refractivity contribution in [1.82, 2.24) is 14.8 Å². The molecule has 0 saturated carbocycles. The number of anilines is 1. The van der Waals surface area contributed by atoms with Crippen LogP contribution in [0.3, 0.4) is 0 Å². The minimum atomic E-state index is -0.258. The fraction of sp³-hybridized carbons (Fsp3) is 0.286. The number of fused-ring (bicyclic) bond motifs is 2. The van der Waals surface area contributed by atoms with Gasteiger partial charge >= 0.3 is 0 Å². The van der Waals surface area contributed by atoms with Crippen LogP contribution in [0.25, 0.3) is 17.0 Å². The van der Waals surface area contributed by atoms with Crippen LogP contribution in [0.5, 0.6) is 0 Å². The molecule has 4 heterocycles. The topological polar surface area (TPSA) is 83.1 Å². The number of piperazine rings is 1. The summed E-state index contributed by atoms with van der Waals surface area (Å²) < 4.78 is 5.31. The van der Waals surface area contributed by atoms with Crippen molar-refractivity contribution in [2.24, 2.45) is 0 Å². The normalized spacial score (nSPS) is 19.6. The summed E-state index contributed by atoms with van der Waals surface area (Å²) >= 11 is 0. The number of nitrogens with zero attached hydrogens (tertiary/aromatic N) is 4. The van der Waals surface area contributed by atoms with Crippen LogP contribution in [-0.2, 0) is 9.53 Å². The van der Waals surface area contributed by atoms with E-state index in [1.54, 1.807) is 36.4 Å². The molecule has 2 saturated heterocycles. The van der Waals surface area contributed by atoms with E-state index in [0.29, 0.717) is 47.2 Å². The maximum Gasteiger partial charge on any atom is 0.254 e. The van der Waals surface area contributed by atoms with Crippen LogP contribution in [0.1, 0.15) is 33.3 Å². The minimum absolute atomic E-state index is 0.0535. The van der Waals surface area contributed by atoms with Crippen LogP contribution in [0.15, 0.2) is 60.3 Å². The van der Waals surface area contributed by atoms with Gasteiger partial charge in [-0.25, -0.2) is 4.98 Å². The van der Waals surface area contributed by atoms with E-state index in [2.05, 4.69) is 4.90 Å². The van der Waals surface area contributed by atoms with Crippen molar-refractivity contribution in [2.75, 3.05) is 44.3 Å². The van der Waals surface area contributed by atoms with Crippen LogP contribution >= 0.6 is 0 Å². The number of para-hydroxylation sites is 2. The molecule has 182 valence electrons. The average Bonchev–Trinajstić information content (AvgIpc) is 3.14. The molecule has 0 bridgehead atoms. The molecule has 0 aliphatic carbocycles. The highest BCUT2D eigenvalue weighted by Gasteiger charge is 2.35. The molecule has 2 amide bonds. The summed E-state index contributed by atoms with van der Waals surface area (Å²) in [5.41, 5.74) is 2.95. The van der Waals surface area contributed by atoms with Gasteiger partial charge in [-0.15, -0.1) is 0 Å². The predicted molar refractivity (Wildman–Crippen MR) is 136 cm³/mol. The monoisotopic (exact) mass is 482 g/mol. The second-order valence-corrected chi connectivity index (χ2v) is 9.36. The van der Waals surface area contributed by atoms with Crippen LogP contribution in [0.4, 0.5) is 5.69 Å². The fourth-order valence-electron chi connectivity index (χ4n) is 5.18. The SMILES string of the molecule is CC(=O)N1C(=Cc2cc(C(=O)N3CCN(C4COC4)CC3)c3ccccc3n2)C(=O)c2ccccc21. The van der Waals surface area contributed by atoms with E-state index in [1.807, 2.05) is 29.2 Å². The number of hydrogen-bond donors (Lipinski definition) is 0. The lowest BCUT2D eigenvalue weighted by Gasteiger charge is -2.42. The first-order valence-electron chi connectivity index (χ1n) is 12.2. The van der Waals surface area contributed by atoms with Gasteiger partial charge in [-0.05, 0) is 30.3 Å². The smallest absolute Gasteiger partial charge is 0.254 e. The number of rotatable bonds is 3. The minimum Gasteiger partial charge on any atom is -0.378 e. The number of amides is 2. The number of ketones is 1.